The van der Waals surface area contributed by atoms with Crippen molar-refractivity contribution in [2.24, 2.45) is 17.8 Å². The Labute approximate surface area is 182 Å². The number of hydrogen-bond acceptors (Lipinski definition) is 5. The number of carbonyl (C=O) groups excluding carboxylic acids is 2. The number of esters is 2. The summed E-state index contributed by atoms with van der Waals surface area (Å²) in [5.41, 5.74) is -1.95. The number of rotatable bonds is 7. The van der Waals surface area contributed by atoms with Crippen molar-refractivity contribution < 1.29 is 37.0 Å². The quantitative estimate of drug-likeness (QED) is 0.298. The molecule has 31 heavy (non-hydrogen) atoms. The van der Waals surface area contributed by atoms with Gasteiger partial charge in [0.25, 0.3) is 0 Å². The molecule has 0 aliphatic heterocycles. The Hall–Kier alpha value is -1.57. The first-order valence-electron chi connectivity index (χ1n) is 11.1. The minimum atomic E-state index is -4.78. The third-order valence-electron chi connectivity index (χ3n) is 6.16. The van der Waals surface area contributed by atoms with E-state index in [1.165, 1.54) is 0 Å². The topological polar surface area (TPSA) is 61.8 Å². The van der Waals surface area contributed by atoms with Crippen LogP contribution in [0.2, 0.25) is 0 Å². The molecule has 0 saturated heterocycles. The molecular formula is C23H35F3O5. The monoisotopic (exact) mass is 448 g/mol. The van der Waals surface area contributed by atoms with Crippen molar-refractivity contribution in [1.82, 2.24) is 0 Å². The van der Waals surface area contributed by atoms with Crippen molar-refractivity contribution >= 4 is 11.9 Å². The fraction of sp³-hybridized carbons (Fsp3) is 0.826. The van der Waals surface area contributed by atoms with Crippen LogP contribution in [-0.2, 0) is 23.8 Å². The fourth-order valence-electron chi connectivity index (χ4n) is 4.49. The van der Waals surface area contributed by atoms with E-state index in [1.807, 2.05) is 20.8 Å². The van der Waals surface area contributed by atoms with Crippen LogP contribution in [0.1, 0.15) is 72.1 Å². The van der Waals surface area contributed by atoms with Gasteiger partial charge in [0.05, 0.1) is 18.6 Å². The molecule has 0 atom stereocenters. The maximum atomic E-state index is 12.4. The number of ether oxygens (including phenoxy) is 3. The average molecular weight is 449 g/mol. The predicted octanol–water partition coefficient (Wildman–Crippen LogP) is 5.37. The lowest BCUT2D eigenvalue weighted by Crippen LogP contribution is -2.33. The number of halogens is 3. The Kier molecular flexibility index (Phi) is 8.98. The molecule has 178 valence electrons. The fourth-order valence-corrected chi connectivity index (χ4v) is 4.49. The van der Waals surface area contributed by atoms with Crippen LogP contribution in [0.15, 0.2) is 12.2 Å². The third-order valence-corrected chi connectivity index (χ3v) is 6.16. The molecule has 0 aromatic heterocycles. The summed E-state index contributed by atoms with van der Waals surface area (Å²) in [6, 6.07) is 0. The molecule has 2 fully saturated rings. The van der Waals surface area contributed by atoms with Gasteiger partial charge >= 0.3 is 18.1 Å². The summed E-state index contributed by atoms with van der Waals surface area (Å²) < 4.78 is 52.9. The van der Waals surface area contributed by atoms with Crippen LogP contribution >= 0.6 is 0 Å². The van der Waals surface area contributed by atoms with Crippen LogP contribution < -0.4 is 0 Å². The van der Waals surface area contributed by atoms with Gasteiger partial charge in [-0.1, -0.05) is 6.58 Å². The maximum absolute atomic E-state index is 12.4. The minimum Gasteiger partial charge on any atom is -0.460 e. The summed E-state index contributed by atoms with van der Waals surface area (Å²) in [6.07, 6.45) is 2.96. The van der Waals surface area contributed by atoms with Crippen LogP contribution in [0.5, 0.6) is 0 Å². The van der Waals surface area contributed by atoms with Gasteiger partial charge in [0.1, 0.15) is 17.8 Å². The van der Waals surface area contributed by atoms with Crippen LogP contribution in [0.25, 0.3) is 0 Å². The summed E-state index contributed by atoms with van der Waals surface area (Å²) in [6.45, 7) is 8.24. The van der Waals surface area contributed by atoms with Crippen molar-refractivity contribution in [2.45, 2.75) is 90.0 Å². The lowest BCUT2D eigenvalue weighted by Gasteiger charge is -2.37. The van der Waals surface area contributed by atoms with Gasteiger partial charge in [-0.05, 0) is 84.0 Å². The molecule has 2 aliphatic carbocycles. The van der Waals surface area contributed by atoms with Gasteiger partial charge in [-0.15, -0.1) is 0 Å². The first-order valence-corrected chi connectivity index (χ1v) is 11.1. The van der Waals surface area contributed by atoms with E-state index in [9.17, 15) is 22.8 Å². The van der Waals surface area contributed by atoms with Gasteiger partial charge in [-0.2, -0.15) is 13.2 Å². The smallest absolute Gasteiger partial charge is 0.422 e. The zero-order valence-electron chi connectivity index (χ0n) is 18.8. The van der Waals surface area contributed by atoms with Gasteiger partial charge in [0, 0.05) is 0 Å². The highest BCUT2D eigenvalue weighted by Crippen LogP contribution is 2.41. The van der Waals surface area contributed by atoms with Crippen LogP contribution in [0, 0.1) is 17.8 Å². The molecular weight excluding hydrogens is 413 g/mol. The van der Waals surface area contributed by atoms with Crippen LogP contribution in [0.3, 0.4) is 0 Å². The second-order valence-corrected chi connectivity index (χ2v) is 9.66. The molecule has 0 aromatic carbocycles. The van der Waals surface area contributed by atoms with Crippen molar-refractivity contribution in [2.75, 3.05) is 13.2 Å². The SMILES string of the molecule is C=C(C(=O)OCCOC1CCC(C2CCC(C(=O)OC(C)(C)C)CC2)CC1)C(F)(F)F. The largest absolute Gasteiger partial charge is 0.460 e. The van der Waals surface area contributed by atoms with Crippen LogP contribution in [0.4, 0.5) is 13.2 Å². The van der Waals surface area contributed by atoms with Gasteiger partial charge in [0.2, 0.25) is 0 Å². The van der Waals surface area contributed by atoms with E-state index in [2.05, 4.69) is 11.3 Å². The highest BCUT2D eigenvalue weighted by molar-refractivity contribution is 5.89. The lowest BCUT2D eigenvalue weighted by molar-refractivity contribution is -0.161. The summed E-state index contributed by atoms with van der Waals surface area (Å²) in [5, 5.41) is 0. The van der Waals surface area contributed by atoms with E-state index < -0.39 is 23.3 Å². The van der Waals surface area contributed by atoms with E-state index in [0.29, 0.717) is 11.8 Å². The number of alkyl halides is 3. The Balaban J connectivity index is 1.61. The predicted molar refractivity (Wildman–Crippen MR) is 109 cm³/mol. The summed E-state index contributed by atoms with van der Waals surface area (Å²) in [7, 11) is 0. The standard InChI is InChI=1S/C23H35F3O5/c1-15(23(24,25)26)20(27)30-14-13-29-19-11-9-17(10-12-19)16-5-7-18(8-6-16)21(28)31-22(2,3)4/h16-19H,1,5-14H2,2-4H3. The Morgan fingerprint density at radius 2 is 1.39 bits per heavy atom. The molecule has 5 nitrogen and oxygen atoms in total. The molecule has 0 N–H and O–H groups in total. The van der Waals surface area contributed by atoms with Gasteiger partial charge < -0.3 is 14.2 Å². The minimum absolute atomic E-state index is 0.00582. The van der Waals surface area contributed by atoms with Gasteiger partial charge in [-0.3, -0.25) is 4.79 Å². The molecule has 0 heterocycles. The second-order valence-electron chi connectivity index (χ2n) is 9.66. The highest BCUT2D eigenvalue weighted by atomic mass is 19.4. The Morgan fingerprint density at radius 1 is 0.871 bits per heavy atom. The summed E-state index contributed by atoms with van der Waals surface area (Å²) >= 11 is 0. The molecule has 0 spiro atoms. The maximum Gasteiger partial charge on any atom is 0.422 e. The van der Waals surface area contributed by atoms with E-state index >= 15 is 0 Å². The molecule has 8 heteroatoms. The molecule has 0 aromatic rings. The van der Waals surface area contributed by atoms with E-state index in [-0.39, 0.29) is 31.2 Å². The molecule has 0 unspecified atom stereocenters. The van der Waals surface area contributed by atoms with Gasteiger partial charge in [-0.25, -0.2) is 4.79 Å². The third kappa shape index (κ3) is 8.47. The van der Waals surface area contributed by atoms with E-state index in [0.717, 1.165) is 51.4 Å². The van der Waals surface area contributed by atoms with E-state index in [1.54, 1.807) is 0 Å². The number of hydrogen-bond donors (Lipinski definition) is 0. The normalized spacial score (nSPS) is 27.4. The lowest BCUT2D eigenvalue weighted by atomic mass is 9.70. The summed E-state index contributed by atoms with van der Waals surface area (Å²) in [5.74, 6) is -0.294. The molecule has 2 rings (SSSR count). The molecule has 0 bridgehead atoms. The Morgan fingerprint density at radius 3 is 1.87 bits per heavy atom. The second kappa shape index (κ2) is 10.8. The molecule has 0 amide bonds. The zero-order valence-corrected chi connectivity index (χ0v) is 18.8. The average Bonchev–Trinajstić information content (AvgIpc) is 2.69. The highest BCUT2D eigenvalue weighted by Gasteiger charge is 2.38. The van der Waals surface area contributed by atoms with Crippen molar-refractivity contribution in [3.8, 4) is 0 Å². The van der Waals surface area contributed by atoms with E-state index in [4.69, 9.17) is 9.47 Å². The van der Waals surface area contributed by atoms with Gasteiger partial charge in [0.15, 0.2) is 0 Å². The molecule has 2 saturated carbocycles. The van der Waals surface area contributed by atoms with Crippen LogP contribution in [-0.4, -0.2) is 43.0 Å². The first-order chi connectivity index (χ1) is 14.4. The first kappa shape index (κ1) is 25.7. The summed E-state index contributed by atoms with van der Waals surface area (Å²) in [4.78, 5) is 23.5. The number of carbonyl (C=O) groups is 2. The molecule has 0 radical (unpaired) electrons. The van der Waals surface area contributed by atoms with Crippen molar-refractivity contribution in [3.05, 3.63) is 12.2 Å². The Bertz CT molecular complexity index is 622. The van der Waals surface area contributed by atoms with Crippen molar-refractivity contribution in [1.29, 1.82) is 0 Å². The zero-order chi connectivity index (χ0) is 23.2. The van der Waals surface area contributed by atoms with Crippen molar-refractivity contribution in [3.63, 3.8) is 0 Å². The molecule has 2 aliphatic rings.